The summed E-state index contributed by atoms with van der Waals surface area (Å²) in [5.74, 6) is 0. The number of hydrogen-bond acceptors (Lipinski definition) is 2. The smallest absolute Gasteiger partial charge is 0.0441 e. The number of aryl methyl sites for hydroxylation is 1. The quantitative estimate of drug-likeness (QED) is 0.855. The van der Waals surface area contributed by atoms with E-state index in [4.69, 9.17) is 0 Å². The van der Waals surface area contributed by atoms with Gasteiger partial charge in [0.15, 0.2) is 0 Å². The van der Waals surface area contributed by atoms with Gasteiger partial charge in [-0.1, -0.05) is 29.8 Å². The maximum atomic E-state index is 11.2. The van der Waals surface area contributed by atoms with Crippen LogP contribution in [0.25, 0.3) is 0 Å². The third-order valence-corrected chi connectivity index (χ3v) is 4.16. The van der Waals surface area contributed by atoms with Crippen LogP contribution in [0, 0.1) is 6.92 Å². The molecule has 1 aromatic carbocycles. The largest absolute Gasteiger partial charge is 0.309 e. The zero-order valence-electron chi connectivity index (χ0n) is 10.5. The highest BCUT2D eigenvalue weighted by Gasteiger charge is 2.09. The molecule has 3 heteroatoms. The molecule has 0 aliphatic heterocycles. The third-order valence-electron chi connectivity index (χ3n) is 2.86. The Morgan fingerprint density at radius 1 is 1.25 bits per heavy atom. The first-order valence-electron chi connectivity index (χ1n) is 5.63. The van der Waals surface area contributed by atoms with E-state index < -0.39 is 10.8 Å². The Kier molecular flexibility index (Phi) is 5.16. The molecule has 3 atom stereocenters. The van der Waals surface area contributed by atoms with Crippen molar-refractivity contribution in [3.05, 3.63) is 35.4 Å². The van der Waals surface area contributed by atoms with Crippen molar-refractivity contribution in [1.82, 2.24) is 5.32 Å². The van der Waals surface area contributed by atoms with Gasteiger partial charge < -0.3 is 5.32 Å². The molecule has 0 aliphatic rings. The average Bonchev–Trinajstić information content (AvgIpc) is 2.26. The van der Waals surface area contributed by atoms with Gasteiger partial charge in [-0.05, 0) is 26.3 Å². The molecule has 0 radical (unpaired) electrons. The van der Waals surface area contributed by atoms with E-state index in [0.29, 0.717) is 6.04 Å². The van der Waals surface area contributed by atoms with Gasteiger partial charge in [-0.25, -0.2) is 0 Å². The van der Waals surface area contributed by atoms with Crippen LogP contribution >= 0.6 is 0 Å². The van der Waals surface area contributed by atoms with E-state index in [0.717, 1.165) is 6.54 Å². The molecule has 0 saturated heterocycles. The topological polar surface area (TPSA) is 29.1 Å². The molecule has 3 unspecified atom stereocenters. The Morgan fingerprint density at radius 3 is 2.31 bits per heavy atom. The van der Waals surface area contributed by atoms with Gasteiger partial charge in [0, 0.05) is 34.9 Å². The van der Waals surface area contributed by atoms with Crippen LogP contribution in [0.15, 0.2) is 24.3 Å². The molecular weight excluding hydrogens is 218 g/mol. The van der Waals surface area contributed by atoms with Crippen LogP contribution in [0.2, 0.25) is 0 Å². The molecule has 0 heterocycles. The molecule has 0 amide bonds. The fraction of sp³-hybridized carbons (Fsp3) is 0.538. The van der Waals surface area contributed by atoms with Gasteiger partial charge in [0.2, 0.25) is 0 Å². The standard InChI is InChI=1S/C13H21NOS/c1-10-5-7-13(8-6-10)12(3)14-9-11(2)16(4)15/h5-8,11-12,14H,9H2,1-4H3. The summed E-state index contributed by atoms with van der Waals surface area (Å²) in [6.45, 7) is 7.02. The predicted molar refractivity (Wildman–Crippen MR) is 71.1 cm³/mol. The molecule has 0 fully saturated rings. The van der Waals surface area contributed by atoms with Crippen molar-refractivity contribution in [3.63, 3.8) is 0 Å². The molecule has 90 valence electrons. The molecule has 0 bridgehead atoms. The Hall–Kier alpha value is -0.670. The van der Waals surface area contributed by atoms with Crippen LogP contribution in [0.4, 0.5) is 0 Å². The Balaban J connectivity index is 2.49. The molecule has 0 aromatic heterocycles. The maximum absolute atomic E-state index is 11.2. The molecule has 1 rings (SSSR count). The number of hydrogen-bond donors (Lipinski definition) is 1. The summed E-state index contributed by atoms with van der Waals surface area (Å²) >= 11 is 0. The van der Waals surface area contributed by atoms with Crippen molar-refractivity contribution >= 4 is 10.8 Å². The first kappa shape index (κ1) is 13.4. The summed E-state index contributed by atoms with van der Waals surface area (Å²) in [7, 11) is -0.749. The Bertz CT molecular complexity index is 347. The lowest BCUT2D eigenvalue weighted by Gasteiger charge is -2.17. The molecule has 1 aromatic rings. The van der Waals surface area contributed by atoms with E-state index in [-0.39, 0.29) is 5.25 Å². The number of nitrogens with one attached hydrogen (secondary N) is 1. The van der Waals surface area contributed by atoms with Crippen LogP contribution < -0.4 is 5.32 Å². The lowest BCUT2D eigenvalue weighted by molar-refractivity contribution is 0.569. The van der Waals surface area contributed by atoms with Crippen LogP contribution in [0.3, 0.4) is 0 Å². The zero-order valence-corrected chi connectivity index (χ0v) is 11.3. The minimum atomic E-state index is -0.749. The molecule has 0 aliphatic carbocycles. The number of benzene rings is 1. The fourth-order valence-electron chi connectivity index (χ4n) is 1.43. The van der Waals surface area contributed by atoms with Crippen molar-refractivity contribution in [2.45, 2.75) is 32.1 Å². The SMILES string of the molecule is Cc1ccc(C(C)NCC(C)S(C)=O)cc1. The highest BCUT2D eigenvalue weighted by molar-refractivity contribution is 7.84. The molecule has 0 spiro atoms. The Labute approximate surface area is 101 Å². The number of rotatable bonds is 5. The summed E-state index contributed by atoms with van der Waals surface area (Å²) in [5, 5.41) is 3.61. The maximum Gasteiger partial charge on any atom is 0.0441 e. The summed E-state index contributed by atoms with van der Waals surface area (Å²) < 4.78 is 11.2. The fourth-order valence-corrected chi connectivity index (χ4v) is 1.76. The molecule has 1 N–H and O–H groups in total. The minimum absolute atomic E-state index is 0.202. The van der Waals surface area contributed by atoms with E-state index in [1.54, 1.807) is 6.26 Å². The van der Waals surface area contributed by atoms with Gasteiger partial charge >= 0.3 is 0 Å². The van der Waals surface area contributed by atoms with Gasteiger partial charge in [0.05, 0.1) is 0 Å². The molecule has 16 heavy (non-hydrogen) atoms. The van der Waals surface area contributed by atoms with E-state index in [1.165, 1.54) is 11.1 Å². The van der Waals surface area contributed by atoms with Crippen LogP contribution in [0.1, 0.15) is 31.0 Å². The lowest BCUT2D eigenvalue weighted by Crippen LogP contribution is -2.29. The highest BCUT2D eigenvalue weighted by atomic mass is 32.2. The highest BCUT2D eigenvalue weighted by Crippen LogP contribution is 2.12. The van der Waals surface area contributed by atoms with Gasteiger partial charge in [-0.2, -0.15) is 0 Å². The minimum Gasteiger partial charge on any atom is -0.309 e. The normalized spacial score (nSPS) is 16.8. The molecule has 2 nitrogen and oxygen atoms in total. The van der Waals surface area contributed by atoms with Crippen molar-refractivity contribution in [2.24, 2.45) is 0 Å². The van der Waals surface area contributed by atoms with Gasteiger partial charge in [0.1, 0.15) is 0 Å². The second kappa shape index (κ2) is 6.16. The van der Waals surface area contributed by atoms with E-state index in [9.17, 15) is 4.21 Å². The average molecular weight is 239 g/mol. The lowest BCUT2D eigenvalue weighted by atomic mass is 10.1. The molecular formula is C13H21NOS. The first-order valence-corrected chi connectivity index (χ1v) is 7.25. The van der Waals surface area contributed by atoms with Gasteiger partial charge in [-0.3, -0.25) is 4.21 Å². The van der Waals surface area contributed by atoms with Crippen molar-refractivity contribution in [3.8, 4) is 0 Å². The summed E-state index contributed by atoms with van der Waals surface area (Å²) in [4.78, 5) is 0. The monoisotopic (exact) mass is 239 g/mol. The van der Waals surface area contributed by atoms with Crippen molar-refractivity contribution in [1.29, 1.82) is 0 Å². The second-order valence-corrected chi connectivity index (χ2v) is 6.15. The van der Waals surface area contributed by atoms with E-state index >= 15 is 0 Å². The Morgan fingerprint density at radius 2 is 1.81 bits per heavy atom. The van der Waals surface area contributed by atoms with E-state index in [1.807, 2.05) is 6.92 Å². The third kappa shape index (κ3) is 4.06. The van der Waals surface area contributed by atoms with Crippen LogP contribution in [-0.2, 0) is 10.8 Å². The van der Waals surface area contributed by atoms with Crippen LogP contribution in [0.5, 0.6) is 0 Å². The zero-order chi connectivity index (χ0) is 12.1. The van der Waals surface area contributed by atoms with Crippen molar-refractivity contribution in [2.75, 3.05) is 12.8 Å². The van der Waals surface area contributed by atoms with Gasteiger partial charge in [0.25, 0.3) is 0 Å². The van der Waals surface area contributed by atoms with Crippen molar-refractivity contribution < 1.29 is 4.21 Å². The summed E-state index contributed by atoms with van der Waals surface area (Å²) in [5.41, 5.74) is 2.55. The molecule has 0 saturated carbocycles. The summed E-state index contributed by atoms with van der Waals surface area (Å²) in [6, 6.07) is 8.83. The first-order chi connectivity index (χ1) is 7.50. The summed E-state index contributed by atoms with van der Waals surface area (Å²) in [6.07, 6.45) is 1.75. The van der Waals surface area contributed by atoms with Gasteiger partial charge in [-0.15, -0.1) is 0 Å². The van der Waals surface area contributed by atoms with E-state index in [2.05, 4.69) is 43.4 Å². The predicted octanol–water partition coefficient (Wildman–Crippen LogP) is 2.41. The van der Waals surface area contributed by atoms with Crippen LogP contribution in [-0.4, -0.2) is 22.3 Å². The second-order valence-electron chi connectivity index (χ2n) is 4.35.